The smallest absolute Gasteiger partial charge is 0.339 e. The van der Waals surface area contributed by atoms with E-state index in [1.165, 1.54) is 12.1 Å². The van der Waals surface area contributed by atoms with E-state index in [4.69, 9.17) is 14.2 Å². The third-order valence-corrected chi connectivity index (χ3v) is 5.29. The van der Waals surface area contributed by atoms with Gasteiger partial charge in [0, 0.05) is 11.8 Å². The number of benzene rings is 1. The highest BCUT2D eigenvalue weighted by molar-refractivity contribution is 6.02. The van der Waals surface area contributed by atoms with E-state index in [0.717, 1.165) is 0 Å². The Labute approximate surface area is 133 Å². The fourth-order valence-corrected chi connectivity index (χ4v) is 4.16. The Hall–Kier alpha value is -1.92. The summed E-state index contributed by atoms with van der Waals surface area (Å²) in [4.78, 5) is 23.7. The van der Waals surface area contributed by atoms with E-state index in [2.05, 4.69) is 6.92 Å². The predicted molar refractivity (Wildman–Crippen MR) is 78.3 cm³/mol. The third kappa shape index (κ3) is 2.01. The number of hydrogen-bond acceptors (Lipinski definition) is 5. The highest BCUT2D eigenvalue weighted by Gasteiger charge is 2.65. The quantitative estimate of drug-likeness (QED) is 0.855. The molecule has 23 heavy (non-hydrogen) atoms. The average molecular weight is 318 g/mol. The standard InChI is InChI=1S/C17H18O6/c1-7-11-8(2)13-15(14(21-11)12(7)22-13)23-17(20)10-6-4-3-5-9(10)16(18)19/h3-8,11-15H,1-2H3,(H,18,19)/t7-,8+,11+,12+,13-,14-,15-/m0/s1. The Kier molecular flexibility index (Phi) is 3.21. The number of esters is 1. The lowest BCUT2D eigenvalue weighted by Crippen LogP contribution is -2.49. The van der Waals surface area contributed by atoms with Crippen molar-refractivity contribution in [2.75, 3.05) is 0 Å². The largest absolute Gasteiger partial charge is 0.478 e. The number of rotatable bonds is 3. The first-order valence-corrected chi connectivity index (χ1v) is 7.83. The molecule has 0 aromatic heterocycles. The summed E-state index contributed by atoms with van der Waals surface area (Å²) in [6.45, 7) is 4.13. The Balaban J connectivity index is 1.58. The first kappa shape index (κ1) is 14.7. The number of hydrogen-bond donors (Lipinski definition) is 1. The molecule has 5 rings (SSSR count). The van der Waals surface area contributed by atoms with Crippen LogP contribution in [0.15, 0.2) is 24.3 Å². The monoisotopic (exact) mass is 318 g/mol. The van der Waals surface area contributed by atoms with Gasteiger partial charge in [-0.05, 0) is 12.1 Å². The molecule has 4 saturated heterocycles. The molecule has 0 saturated carbocycles. The third-order valence-electron chi connectivity index (χ3n) is 5.29. The van der Waals surface area contributed by atoms with Crippen molar-refractivity contribution < 1.29 is 28.9 Å². The maximum Gasteiger partial charge on any atom is 0.339 e. The number of carboxylic acid groups (broad SMARTS) is 1. The summed E-state index contributed by atoms with van der Waals surface area (Å²) < 4.78 is 17.6. The minimum Gasteiger partial charge on any atom is -0.478 e. The van der Waals surface area contributed by atoms with Crippen LogP contribution in [0.4, 0.5) is 0 Å². The van der Waals surface area contributed by atoms with Crippen LogP contribution in [0.25, 0.3) is 0 Å². The predicted octanol–water partition coefficient (Wildman–Crippen LogP) is 1.73. The van der Waals surface area contributed by atoms with Crippen molar-refractivity contribution in [1.29, 1.82) is 0 Å². The lowest BCUT2D eigenvalue weighted by molar-refractivity contribution is -0.152. The van der Waals surface area contributed by atoms with Crippen LogP contribution >= 0.6 is 0 Å². The van der Waals surface area contributed by atoms with E-state index >= 15 is 0 Å². The van der Waals surface area contributed by atoms with Gasteiger partial charge in [-0.2, -0.15) is 0 Å². The van der Waals surface area contributed by atoms with Gasteiger partial charge in [0.05, 0.1) is 23.3 Å². The van der Waals surface area contributed by atoms with Gasteiger partial charge < -0.3 is 19.3 Å². The van der Waals surface area contributed by atoms with Crippen molar-refractivity contribution in [3.8, 4) is 0 Å². The van der Waals surface area contributed by atoms with Crippen LogP contribution in [0.1, 0.15) is 34.6 Å². The molecule has 4 aliphatic heterocycles. The number of carbonyl (C=O) groups excluding carboxylic acids is 1. The Morgan fingerprint density at radius 3 is 2.26 bits per heavy atom. The van der Waals surface area contributed by atoms with Gasteiger partial charge >= 0.3 is 11.9 Å². The Morgan fingerprint density at radius 1 is 0.957 bits per heavy atom. The molecule has 7 atom stereocenters. The van der Waals surface area contributed by atoms with E-state index in [1.807, 2.05) is 6.92 Å². The zero-order valence-corrected chi connectivity index (χ0v) is 12.8. The van der Waals surface area contributed by atoms with Crippen molar-refractivity contribution in [3.05, 3.63) is 35.4 Å². The molecule has 6 heteroatoms. The number of aromatic carboxylic acids is 1. The Morgan fingerprint density at radius 2 is 1.57 bits per heavy atom. The van der Waals surface area contributed by atoms with Crippen LogP contribution in [-0.4, -0.2) is 47.6 Å². The molecule has 0 radical (unpaired) electrons. The SMILES string of the molecule is C[C@@H]1[C@@H]2O[C@@H]3[C@@H](OC(=O)c4ccccc4C(=O)O)[C@H]1O[C@@H]3[C@H]2C. The fourth-order valence-electron chi connectivity index (χ4n) is 4.16. The molecule has 0 spiro atoms. The second-order valence-electron chi connectivity index (χ2n) is 6.57. The van der Waals surface area contributed by atoms with E-state index in [-0.39, 0.29) is 47.4 Å². The lowest BCUT2D eigenvalue weighted by Gasteiger charge is -2.38. The maximum absolute atomic E-state index is 12.5. The summed E-state index contributed by atoms with van der Waals surface area (Å²) in [6.07, 6.45) is -0.817. The van der Waals surface area contributed by atoms with E-state index < -0.39 is 18.0 Å². The van der Waals surface area contributed by atoms with Gasteiger partial charge in [-0.3, -0.25) is 0 Å². The van der Waals surface area contributed by atoms with Crippen LogP contribution in [0.3, 0.4) is 0 Å². The molecule has 4 fully saturated rings. The average Bonchev–Trinajstić information content (AvgIpc) is 2.96. The first-order chi connectivity index (χ1) is 11.0. The summed E-state index contributed by atoms with van der Waals surface area (Å²) in [6, 6.07) is 6.05. The molecule has 122 valence electrons. The Bertz CT molecular complexity index is 667. The highest BCUT2D eigenvalue weighted by atomic mass is 16.6. The number of carboxylic acids is 1. The normalized spacial score (nSPS) is 40.3. The van der Waals surface area contributed by atoms with Gasteiger partial charge in [0.2, 0.25) is 0 Å². The molecular weight excluding hydrogens is 300 g/mol. The molecule has 4 heterocycles. The first-order valence-electron chi connectivity index (χ1n) is 7.83. The van der Waals surface area contributed by atoms with Crippen molar-refractivity contribution >= 4 is 11.9 Å². The van der Waals surface area contributed by atoms with Crippen molar-refractivity contribution in [2.24, 2.45) is 11.8 Å². The number of ether oxygens (including phenoxy) is 3. The summed E-state index contributed by atoms with van der Waals surface area (Å²) in [7, 11) is 0. The molecule has 1 aromatic rings. The molecule has 4 aliphatic rings. The van der Waals surface area contributed by atoms with Crippen LogP contribution in [0.5, 0.6) is 0 Å². The second-order valence-corrected chi connectivity index (χ2v) is 6.57. The minimum absolute atomic E-state index is 0.0475. The van der Waals surface area contributed by atoms with Gasteiger partial charge in [0.25, 0.3) is 0 Å². The summed E-state index contributed by atoms with van der Waals surface area (Å²) in [5, 5.41) is 9.21. The van der Waals surface area contributed by atoms with Gasteiger partial charge in [-0.1, -0.05) is 26.0 Å². The van der Waals surface area contributed by atoms with Crippen molar-refractivity contribution in [2.45, 2.75) is 44.4 Å². The van der Waals surface area contributed by atoms with Gasteiger partial charge in [-0.15, -0.1) is 0 Å². The van der Waals surface area contributed by atoms with Crippen molar-refractivity contribution in [1.82, 2.24) is 0 Å². The van der Waals surface area contributed by atoms with E-state index in [9.17, 15) is 14.7 Å². The molecule has 1 N–H and O–H groups in total. The molecule has 0 amide bonds. The van der Waals surface area contributed by atoms with Crippen LogP contribution in [0.2, 0.25) is 0 Å². The number of carbonyl (C=O) groups is 2. The van der Waals surface area contributed by atoms with Crippen LogP contribution in [-0.2, 0) is 14.2 Å². The zero-order chi connectivity index (χ0) is 16.3. The zero-order valence-electron chi connectivity index (χ0n) is 12.8. The molecule has 0 aliphatic carbocycles. The summed E-state index contributed by atoms with van der Waals surface area (Å²) in [5.41, 5.74) is -0.00812. The summed E-state index contributed by atoms with van der Waals surface area (Å²) >= 11 is 0. The molecular formula is C17H18O6. The van der Waals surface area contributed by atoms with Gasteiger partial charge in [0.15, 0.2) is 6.10 Å². The van der Waals surface area contributed by atoms with Gasteiger partial charge in [0.1, 0.15) is 12.2 Å². The van der Waals surface area contributed by atoms with Crippen LogP contribution < -0.4 is 0 Å². The fraction of sp³-hybridized carbons (Fsp3) is 0.529. The summed E-state index contributed by atoms with van der Waals surface area (Å²) in [5.74, 6) is -1.37. The van der Waals surface area contributed by atoms with Gasteiger partial charge in [-0.25, -0.2) is 9.59 Å². The molecule has 1 aromatic carbocycles. The topological polar surface area (TPSA) is 82.1 Å². The highest BCUT2D eigenvalue weighted by Crippen LogP contribution is 2.50. The van der Waals surface area contributed by atoms with E-state index in [1.54, 1.807) is 12.1 Å². The molecule has 4 bridgehead atoms. The molecule has 0 unspecified atom stereocenters. The van der Waals surface area contributed by atoms with Crippen molar-refractivity contribution in [3.63, 3.8) is 0 Å². The second kappa shape index (κ2) is 5.04. The maximum atomic E-state index is 12.5. The lowest BCUT2D eigenvalue weighted by atomic mass is 9.87. The van der Waals surface area contributed by atoms with Crippen LogP contribution in [0, 0.1) is 11.8 Å². The minimum atomic E-state index is -1.15. The van der Waals surface area contributed by atoms with E-state index in [0.29, 0.717) is 0 Å². The molecule has 6 nitrogen and oxygen atoms in total.